The van der Waals surface area contributed by atoms with Crippen molar-refractivity contribution < 1.29 is 27.6 Å². The van der Waals surface area contributed by atoms with E-state index in [1.54, 1.807) is 6.92 Å². The molecule has 82 valence electrons. The number of allylic oxidation sites excluding steroid dienone is 1. The average molecular weight is 223 g/mol. The van der Waals surface area contributed by atoms with Crippen molar-refractivity contribution in [2.45, 2.75) is 13.0 Å². The molecule has 0 saturated heterocycles. The quantitative estimate of drug-likeness (QED) is 0.362. The van der Waals surface area contributed by atoms with E-state index in [4.69, 9.17) is 5.11 Å². The van der Waals surface area contributed by atoms with Crippen LogP contribution in [-0.4, -0.2) is 39.2 Å². The molecule has 0 aliphatic heterocycles. The summed E-state index contributed by atoms with van der Waals surface area (Å²) in [5.41, 5.74) is 0. The molecule has 0 radical (unpaired) electrons. The Balaban J connectivity index is 3.58. The van der Waals surface area contributed by atoms with Gasteiger partial charge in [-0.3, -0.25) is 4.18 Å². The minimum atomic E-state index is -2.67. The molecule has 2 atom stereocenters. The van der Waals surface area contributed by atoms with Crippen molar-refractivity contribution in [1.29, 1.82) is 0 Å². The fourth-order valence-corrected chi connectivity index (χ4v) is 0.813. The second kappa shape index (κ2) is 7.63. The van der Waals surface area contributed by atoms with Crippen LogP contribution in [0.5, 0.6) is 0 Å². The molecule has 6 nitrogen and oxygen atoms in total. The van der Waals surface area contributed by atoms with Crippen LogP contribution in [0.2, 0.25) is 0 Å². The Kier molecular flexibility index (Phi) is 7.21. The number of carbonyl (C=O) groups excluding carboxylic acids is 1. The van der Waals surface area contributed by atoms with Crippen molar-refractivity contribution >= 4 is 17.3 Å². The van der Waals surface area contributed by atoms with Gasteiger partial charge in [0.25, 0.3) is 0 Å². The highest BCUT2D eigenvalue weighted by Crippen LogP contribution is 1.91. The van der Waals surface area contributed by atoms with Gasteiger partial charge in [0.15, 0.2) is 0 Å². The molecule has 0 aliphatic carbocycles. The van der Waals surface area contributed by atoms with E-state index in [9.17, 15) is 13.6 Å². The summed E-state index contributed by atoms with van der Waals surface area (Å²) in [5.74, 6) is -0.602. The van der Waals surface area contributed by atoms with Crippen LogP contribution < -0.4 is 0 Å². The van der Waals surface area contributed by atoms with Gasteiger partial charge >= 0.3 is 5.97 Å². The standard InChI is InChI=1S/C7H12O6S/c1-2-3-7(9)12-4-6(8)5-13-14(10)11/h2-3,6,8H,4-5H2,1H3,(H,10,11)/p-1. The van der Waals surface area contributed by atoms with Crippen LogP contribution in [0, 0.1) is 0 Å². The predicted molar refractivity (Wildman–Crippen MR) is 46.7 cm³/mol. The summed E-state index contributed by atoms with van der Waals surface area (Å²) in [6.07, 6.45) is 1.51. The van der Waals surface area contributed by atoms with Crippen molar-refractivity contribution in [2.75, 3.05) is 13.2 Å². The van der Waals surface area contributed by atoms with E-state index in [-0.39, 0.29) is 6.61 Å². The maximum absolute atomic E-state index is 10.7. The molecule has 2 unspecified atom stereocenters. The highest BCUT2D eigenvalue weighted by atomic mass is 32.2. The number of esters is 1. The van der Waals surface area contributed by atoms with Gasteiger partial charge in [-0.05, 0) is 6.92 Å². The molecule has 0 rings (SSSR count). The summed E-state index contributed by atoms with van der Waals surface area (Å²) >= 11 is -2.67. The number of ether oxygens (including phenoxy) is 1. The molecule has 7 heteroatoms. The van der Waals surface area contributed by atoms with E-state index < -0.39 is 30.0 Å². The number of aliphatic hydroxyl groups excluding tert-OH is 1. The van der Waals surface area contributed by atoms with Gasteiger partial charge in [-0.15, -0.1) is 0 Å². The van der Waals surface area contributed by atoms with Crippen LogP contribution in [0.1, 0.15) is 6.92 Å². The molecule has 14 heavy (non-hydrogen) atoms. The van der Waals surface area contributed by atoms with Gasteiger partial charge in [-0.25, -0.2) is 9.00 Å². The monoisotopic (exact) mass is 223 g/mol. The minimum absolute atomic E-state index is 0.305. The number of carbonyl (C=O) groups is 1. The topological polar surface area (TPSA) is 95.9 Å². The highest BCUT2D eigenvalue weighted by molar-refractivity contribution is 7.74. The Bertz CT molecular complexity index is 226. The molecule has 0 aromatic rings. The van der Waals surface area contributed by atoms with E-state index >= 15 is 0 Å². The van der Waals surface area contributed by atoms with Gasteiger partial charge in [-0.2, -0.15) is 0 Å². The van der Waals surface area contributed by atoms with Gasteiger partial charge in [-0.1, -0.05) is 6.08 Å². The predicted octanol–water partition coefficient (Wildman–Crippen LogP) is -0.723. The van der Waals surface area contributed by atoms with E-state index in [2.05, 4.69) is 8.92 Å². The zero-order chi connectivity index (χ0) is 11.0. The van der Waals surface area contributed by atoms with E-state index in [0.29, 0.717) is 0 Å². The lowest BCUT2D eigenvalue weighted by molar-refractivity contribution is -0.141. The summed E-state index contributed by atoms with van der Waals surface area (Å²) < 4.78 is 28.4. The zero-order valence-corrected chi connectivity index (χ0v) is 8.36. The molecule has 0 aliphatic rings. The average Bonchev–Trinajstić information content (AvgIpc) is 2.12. The van der Waals surface area contributed by atoms with Crippen molar-refractivity contribution in [2.24, 2.45) is 0 Å². The Morgan fingerprint density at radius 2 is 2.29 bits per heavy atom. The molecule has 0 heterocycles. The van der Waals surface area contributed by atoms with Crippen LogP contribution >= 0.6 is 0 Å². The molecular formula is C7H11O6S-. The largest absolute Gasteiger partial charge is 0.750 e. The number of hydrogen-bond acceptors (Lipinski definition) is 6. The number of rotatable bonds is 6. The smallest absolute Gasteiger partial charge is 0.330 e. The lowest BCUT2D eigenvalue weighted by atomic mass is 10.4. The molecule has 0 saturated carbocycles. The van der Waals surface area contributed by atoms with Crippen LogP contribution in [-0.2, 0) is 25.1 Å². The maximum Gasteiger partial charge on any atom is 0.330 e. The van der Waals surface area contributed by atoms with Gasteiger partial charge < -0.3 is 14.4 Å². The lowest BCUT2D eigenvalue weighted by Gasteiger charge is -2.11. The van der Waals surface area contributed by atoms with Gasteiger partial charge in [0, 0.05) is 6.08 Å². The van der Waals surface area contributed by atoms with E-state index in [1.807, 2.05) is 0 Å². The minimum Gasteiger partial charge on any atom is -0.750 e. The molecule has 0 spiro atoms. The summed E-state index contributed by atoms with van der Waals surface area (Å²) in [6, 6.07) is 0. The van der Waals surface area contributed by atoms with Crippen molar-refractivity contribution in [1.82, 2.24) is 0 Å². The molecule has 0 bridgehead atoms. The molecule has 0 aromatic carbocycles. The molecule has 0 aromatic heterocycles. The van der Waals surface area contributed by atoms with Crippen molar-refractivity contribution in [3.8, 4) is 0 Å². The first-order chi connectivity index (χ1) is 6.56. The SMILES string of the molecule is CC=CC(=O)OCC(O)COS(=O)[O-]. The van der Waals surface area contributed by atoms with Gasteiger partial charge in [0.2, 0.25) is 0 Å². The summed E-state index contributed by atoms with van der Waals surface area (Å²) in [7, 11) is 0. The van der Waals surface area contributed by atoms with E-state index in [0.717, 1.165) is 0 Å². The first-order valence-corrected chi connectivity index (χ1v) is 4.76. The Morgan fingerprint density at radius 1 is 1.64 bits per heavy atom. The van der Waals surface area contributed by atoms with Crippen LogP contribution in [0.4, 0.5) is 0 Å². The second-order valence-corrected chi connectivity index (χ2v) is 2.92. The second-order valence-electron chi connectivity index (χ2n) is 2.27. The number of hydrogen-bond donors (Lipinski definition) is 1. The molecule has 0 amide bonds. The summed E-state index contributed by atoms with van der Waals surface area (Å²) in [4.78, 5) is 10.7. The Hall–Kier alpha value is -0.760. The van der Waals surface area contributed by atoms with Crippen LogP contribution in [0.15, 0.2) is 12.2 Å². The Labute approximate surface area is 84.0 Å². The van der Waals surface area contributed by atoms with Crippen molar-refractivity contribution in [3.63, 3.8) is 0 Å². The normalized spacial score (nSPS) is 15.4. The Morgan fingerprint density at radius 3 is 2.79 bits per heavy atom. The summed E-state index contributed by atoms with van der Waals surface area (Å²) in [6.45, 7) is 0.904. The van der Waals surface area contributed by atoms with Gasteiger partial charge in [0.05, 0.1) is 18.0 Å². The zero-order valence-electron chi connectivity index (χ0n) is 7.54. The fourth-order valence-electron chi connectivity index (χ4n) is 0.545. The molecule has 0 fully saturated rings. The van der Waals surface area contributed by atoms with Crippen LogP contribution in [0.3, 0.4) is 0 Å². The van der Waals surface area contributed by atoms with E-state index in [1.165, 1.54) is 12.2 Å². The van der Waals surface area contributed by atoms with Crippen LogP contribution in [0.25, 0.3) is 0 Å². The van der Waals surface area contributed by atoms with Gasteiger partial charge in [0.1, 0.15) is 12.7 Å². The van der Waals surface area contributed by atoms with Crippen molar-refractivity contribution in [3.05, 3.63) is 12.2 Å². The molecule has 1 N–H and O–H groups in total. The number of aliphatic hydroxyl groups is 1. The third kappa shape index (κ3) is 7.87. The fraction of sp³-hybridized carbons (Fsp3) is 0.571. The highest BCUT2D eigenvalue weighted by Gasteiger charge is 2.07. The lowest BCUT2D eigenvalue weighted by Crippen LogP contribution is -2.23. The third-order valence-electron chi connectivity index (χ3n) is 1.08. The first kappa shape index (κ1) is 13.2. The summed E-state index contributed by atoms with van der Waals surface area (Å²) in [5, 5.41) is 9.02. The maximum atomic E-state index is 10.7. The third-order valence-corrected chi connectivity index (χ3v) is 1.41. The first-order valence-electron chi connectivity index (χ1n) is 3.76. The molecular weight excluding hydrogens is 212 g/mol.